The zero-order valence-electron chi connectivity index (χ0n) is 13.6. The molecule has 0 aromatic rings. The van der Waals surface area contributed by atoms with Crippen LogP contribution in [0.1, 0.15) is 66.7 Å². The van der Waals surface area contributed by atoms with Crippen LogP contribution in [0.3, 0.4) is 0 Å². The lowest BCUT2D eigenvalue weighted by molar-refractivity contribution is -0.122. The van der Waals surface area contributed by atoms with E-state index in [9.17, 15) is 4.79 Å². The number of hydrogen-bond donors (Lipinski definition) is 2. The Labute approximate surface area is 119 Å². The summed E-state index contributed by atoms with van der Waals surface area (Å²) in [6.07, 6.45) is 6.41. The van der Waals surface area contributed by atoms with Crippen molar-refractivity contribution in [1.82, 2.24) is 10.6 Å². The molecule has 1 amide bonds. The van der Waals surface area contributed by atoms with Gasteiger partial charge in [0, 0.05) is 6.54 Å². The minimum absolute atomic E-state index is 0.0746. The topological polar surface area (TPSA) is 41.1 Å². The van der Waals surface area contributed by atoms with Gasteiger partial charge in [0.25, 0.3) is 0 Å². The van der Waals surface area contributed by atoms with Crippen molar-refractivity contribution in [2.45, 2.75) is 72.8 Å². The summed E-state index contributed by atoms with van der Waals surface area (Å²) in [5.74, 6) is 1.45. The quantitative estimate of drug-likeness (QED) is 0.565. The van der Waals surface area contributed by atoms with Crippen LogP contribution in [0, 0.1) is 11.8 Å². The SMILES string of the molecule is CC(C)CCCCCCNC(C)C(=O)NCC(C)C. The second kappa shape index (κ2) is 11.3. The van der Waals surface area contributed by atoms with Gasteiger partial charge < -0.3 is 10.6 Å². The van der Waals surface area contributed by atoms with Crippen molar-refractivity contribution < 1.29 is 4.79 Å². The largest absolute Gasteiger partial charge is 0.354 e. The van der Waals surface area contributed by atoms with Crippen molar-refractivity contribution in [2.75, 3.05) is 13.1 Å². The first-order chi connectivity index (χ1) is 8.93. The summed E-state index contributed by atoms with van der Waals surface area (Å²) < 4.78 is 0. The van der Waals surface area contributed by atoms with Gasteiger partial charge in [-0.2, -0.15) is 0 Å². The van der Waals surface area contributed by atoms with Crippen LogP contribution in [-0.2, 0) is 4.79 Å². The fourth-order valence-electron chi connectivity index (χ4n) is 1.90. The summed E-state index contributed by atoms with van der Waals surface area (Å²) in [5.41, 5.74) is 0. The van der Waals surface area contributed by atoms with Gasteiger partial charge in [-0.25, -0.2) is 0 Å². The molecule has 3 heteroatoms. The van der Waals surface area contributed by atoms with E-state index in [2.05, 4.69) is 38.3 Å². The summed E-state index contributed by atoms with van der Waals surface area (Å²) in [5, 5.41) is 6.25. The predicted molar refractivity (Wildman–Crippen MR) is 83.2 cm³/mol. The number of carbonyl (C=O) groups excluding carboxylic acids is 1. The van der Waals surface area contributed by atoms with E-state index < -0.39 is 0 Å². The standard InChI is InChI=1S/C16H34N2O/c1-13(2)10-8-6-7-9-11-17-15(5)16(19)18-12-14(3)4/h13-15,17H,6-12H2,1-5H3,(H,18,19). The molecule has 19 heavy (non-hydrogen) atoms. The molecule has 1 atom stereocenters. The molecule has 2 N–H and O–H groups in total. The minimum Gasteiger partial charge on any atom is -0.354 e. The Morgan fingerprint density at radius 1 is 0.895 bits per heavy atom. The molecule has 0 rings (SSSR count). The highest BCUT2D eigenvalue weighted by atomic mass is 16.2. The lowest BCUT2D eigenvalue weighted by Crippen LogP contribution is -2.43. The van der Waals surface area contributed by atoms with E-state index in [0.717, 1.165) is 19.0 Å². The third-order valence-electron chi connectivity index (χ3n) is 3.24. The van der Waals surface area contributed by atoms with Gasteiger partial charge in [-0.3, -0.25) is 4.79 Å². The smallest absolute Gasteiger partial charge is 0.236 e. The molecule has 0 heterocycles. The van der Waals surface area contributed by atoms with Crippen molar-refractivity contribution in [3.8, 4) is 0 Å². The number of unbranched alkanes of at least 4 members (excludes halogenated alkanes) is 3. The van der Waals surface area contributed by atoms with Gasteiger partial charge in [0.2, 0.25) is 5.91 Å². The van der Waals surface area contributed by atoms with E-state index in [4.69, 9.17) is 0 Å². The first-order valence-corrected chi connectivity index (χ1v) is 7.94. The van der Waals surface area contributed by atoms with Gasteiger partial charge in [0.15, 0.2) is 0 Å². The molecule has 0 radical (unpaired) electrons. The van der Waals surface area contributed by atoms with Crippen LogP contribution < -0.4 is 10.6 Å². The molecule has 114 valence electrons. The fourth-order valence-corrected chi connectivity index (χ4v) is 1.90. The maximum atomic E-state index is 11.7. The molecule has 0 aromatic carbocycles. The number of hydrogen-bond acceptors (Lipinski definition) is 2. The molecule has 0 bridgehead atoms. The number of amides is 1. The van der Waals surface area contributed by atoms with E-state index in [1.807, 2.05) is 6.92 Å². The number of carbonyl (C=O) groups is 1. The molecule has 0 saturated carbocycles. The van der Waals surface area contributed by atoms with E-state index in [-0.39, 0.29) is 11.9 Å². The Bertz CT molecular complexity index is 227. The summed E-state index contributed by atoms with van der Waals surface area (Å²) in [7, 11) is 0. The first-order valence-electron chi connectivity index (χ1n) is 7.94. The summed E-state index contributed by atoms with van der Waals surface area (Å²) in [6, 6.07) is -0.0746. The maximum Gasteiger partial charge on any atom is 0.236 e. The van der Waals surface area contributed by atoms with E-state index in [1.54, 1.807) is 0 Å². The minimum atomic E-state index is -0.0746. The second-order valence-corrected chi connectivity index (χ2v) is 6.41. The van der Waals surface area contributed by atoms with Crippen LogP contribution in [0.4, 0.5) is 0 Å². The average molecular weight is 270 g/mol. The van der Waals surface area contributed by atoms with Gasteiger partial charge in [-0.1, -0.05) is 53.4 Å². The Morgan fingerprint density at radius 2 is 1.53 bits per heavy atom. The molecular formula is C16H34N2O. The number of rotatable bonds is 11. The van der Waals surface area contributed by atoms with Crippen molar-refractivity contribution in [2.24, 2.45) is 11.8 Å². The summed E-state index contributed by atoms with van der Waals surface area (Å²) in [6.45, 7) is 12.4. The van der Waals surface area contributed by atoms with Crippen molar-refractivity contribution >= 4 is 5.91 Å². The maximum absolute atomic E-state index is 11.7. The predicted octanol–water partition coefficient (Wildman–Crippen LogP) is 3.34. The zero-order chi connectivity index (χ0) is 14.7. The van der Waals surface area contributed by atoms with Crippen molar-refractivity contribution in [3.05, 3.63) is 0 Å². The van der Waals surface area contributed by atoms with E-state index >= 15 is 0 Å². The van der Waals surface area contributed by atoms with Crippen LogP contribution in [0.25, 0.3) is 0 Å². The van der Waals surface area contributed by atoms with Gasteiger partial charge in [-0.05, 0) is 31.7 Å². The molecule has 0 aromatic heterocycles. The second-order valence-electron chi connectivity index (χ2n) is 6.41. The molecule has 3 nitrogen and oxygen atoms in total. The Morgan fingerprint density at radius 3 is 2.11 bits per heavy atom. The average Bonchev–Trinajstić information content (AvgIpc) is 2.33. The molecule has 0 aliphatic rings. The molecule has 0 spiro atoms. The van der Waals surface area contributed by atoms with Crippen LogP contribution in [0.2, 0.25) is 0 Å². The normalized spacial score (nSPS) is 13.0. The highest BCUT2D eigenvalue weighted by Crippen LogP contribution is 2.08. The third-order valence-corrected chi connectivity index (χ3v) is 3.24. The third kappa shape index (κ3) is 12.2. The molecular weight excluding hydrogens is 236 g/mol. The Kier molecular flexibility index (Phi) is 10.9. The van der Waals surface area contributed by atoms with Crippen molar-refractivity contribution in [3.63, 3.8) is 0 Å². The Balaban J connectivity index is 3.42. The lowest BCUT2D eigenvalue weighted by atomic mass is 10.0. The Hall–Kier alpha value is -0.570. The molecule has 1 unspecified atom stereocenters. The first kappa shape index (κ1) is 18.4. The van der Waals surface area contributed by atoms with Gasteiger partial charge >= 0.3 is 0 Å². The monoisotopic (exact) mass is 270 g/mol. The lowest BCUT2D eigenvalue weighted by Gasteiger charge is -2.15. The van der Waals surface area contributed by atoms with E-state index in [0.29, 0.717) is 5.92 Å². The van der Waals surface area contributed by atoms with Crippen molar-refractivity contribution in [1.29, 1.82) is 0 Å². The summed E-state index contributed by atoms with van der Waals surface area (Å²) >= 11 is 0. The van der Waals surface area contributed by atoms with E-state index in [1.165, 1.54) is 32.1 Å². The highest BCUT2D eigenvalue weighted by molar-refractivity contribution is 5.81. The van der Waals surface area contributed by atoms with Gasteiger partial charge in [0.1, 0.15) is 0 Å². The van der Waals surface area contributed by atoms with Crippen LogP contribution in [-0.4, -0.2) is 25.0 Å². The van der Waals surface area contributed by atoms with Gasteiger partial charge in [-0.15, -0.1) is 0 Å². The van der Waals surface area contributed by atoms with Gasteiger partial charge in [0.05, 0.1) is 6.04 Å². The number of nitrogens with one attached hydrogen (secondary N) is 2. The fraction of sp³-hybridized carbons (Fsp3) is 0.938. The van der Waals surface area contributed by atoms with Crippen LogP contribution in [0.15, 0.2) is 0 Å². The highest BCUT2D eigenvalue weighted by Gasteiger charge is 2.11. The van der Waals surface area contributed by atoms with Crippen LogP contribution >= 0.6 is 0 Å². The molecule has 0 aliphatic carbocycles. The summed E-state index contributed by atoms with van der Waals surface area (Å²) in [4.78, 5) is 11.7. The zero-order valence-corrected chi connectivity index (χ0v) is 13.6. The molecule has 0 fully saturated rings. The van der Waals surface area contributed by atoms with Crippen LogP contribution in [0.5, 0.6) is 0 Å². The molecule has 0 saturated heterocycles. The molecule has 0 aliphatic heterocycles.